The molecule has 0 amide bonds. The molecule has 0 aliphatic carbocycles. The molecule has 6 heteroatoms. The third-order valence-electron chi connectivity index (χ3n) is 4.42. The molecule has 0 radical (unpaired) electrons. The number of nitrogens with one attached hydrogen (secondary N) is 1. The maximum absolute atomic E-state index is 6.50. The standard InChI is InChI=1S/C18H17Cl2N3.ClH/c19-13-5-4-12-10-15-14(2-1-3-16(15)20)18(22-17(12)11-13)23-8-6-21-7-9-23;/h1-5,11,21H,6-10H2;1H. The lowest BCUT2D eigenvalue weighted by atomic mass is 9.99. The number of nitrogens with zero attached hydrogens (tertiary/aromatic N) is 2. The fourth-order valence-electron chi connectivity index (χ4n) is 3.22. The first-order valence-electron chi connectivity index (χ1n) is 7.83. The number of piperazine rings is 1. The van der Waals surface area contributed by atoms with Gasteiger partial charge < -0.3 is 10.2 Å². The van der Waals surface area contributed by atoms with Gasteiger partial charge in [-0.15, -0.1) is 12.4 Å². The van der Waals surface area contributed by atoms with E-state index in [9.17, 15) is 0 Å². The number of aliphatic imine (C=N–C) groups is 1. The van der Waals surface area contributed by atoms with Crippen LogP contribution in [0.25, 0.3) is 0 Å². The van der Waals surface area contributed by atoms with E-state index in [4.69, 9.17) is 28.2 Å². The van der Waals surface area contributed by atoms with E-state index in [1.165, 1.54) is 0 Å². The Morgan fingerprint density at radius 1 is 1.04 bits per heavy atom. The molecule has 3 nitrogen and oxygen atoms in total. The fraction of sp³-hybridized carbons (Fsp3) is 0.278. The van der Waals surface area contributed by atoms with Crippen LogP contribution in [0, 0.1) is 0 Å². The molecule has 2 aromatic carbocycles. The van der Waals surface area contributed by atoms with Gasteiger partial charge in [-0.1, -0.05) is 41.4 Å². The van der Waals surface area contributed by atoms with Gasteiger partial charge in [0.2, 0.25) is 0 Å². The molecule has 2 aromatic rings. The van der Waals surface area contributed by atoms with Gasteiger partial charge in [0.25, 0.3) is 0 Å². The van der Waals surface area contributed by atoms with Crippen LogP contribution in [0.3, 0.4) is 0 Å². The van der Waals surface area contributed by atoms with Crippen molar-refractivity contribution in [3.63, 3.8) is 0 Å². The van der Waals surface area contributed by atoms with Gasteiger partial charge >= 0.3 is 0 Å². The van der Waals surface area contributed by atoms with E-state index < -0.39 is 0 Å². The highest BCUT2D eigenvalue weighted by Crippen LogP contribution is 2.34. The Labute approximate surface area is 158 Å². The molecule has 2 heterocycles. The molecule has 126 valence electrons. The van der Waals surface area contributed by atoms with Crippen LogP contribution in [-0.2, 0) is 6.42 Å². The molecule has 0 aromatic heterocycles. The van der Waals surface area contributed by atoms with Gasteiger partial charge in [-0.25, -0.2) is 4.99 Å². The number of amidine groups is 1. The Hall–Kier alpha value is -1.26. The van der Waals surface area contributed by atoms with Crippen molar-refractivity contribution < 1.29 is 0 Å². The van der Waals surface area contributed by atoms with Crippen LogP contribution in [-0.4, -0.2) is 36.9 Å². The van der Waals surface area contributed by atoms with Crippen molar-refractivity contribution >= 4 is 47.1 Å². The normalized spacial score (nSPS) is 16.4. The summed E-state index contributed by atoms with van der Waals surface area (Å²) in [4.78, 5) is 7.31. The average molecular weight is 383 g/mol. The van der Waals surface area contributed by atoms with Crippen LogP contribution in [0.2, 0.25) is 10.0 Å². The average Bonchev–Trinajstić information content (AvgIpc) is 2.73. The lowest BCUT2D eigenvalue weighted by molar-refractivity contribution is 0.358. The molecule has 2 aliphatic heterocycles. The van der Waals surface area contributed by atoms with Gasteiger partial charge in [-0.05, 0) is 29.3 Å². The maximum atomic E-state index is 6.50. The molecular formula is C18H18Cl3N3. The lowest BCUT2D eigenvalue weighted by Crippen LogP contribution is -2.46. The Morgan fingerprint density at radius 2 is 1.83 bits per heavy atom. The van der Waals surface area contributed by atoms with E-state index in [-0.39, 0.29) is 12.4 Å². The third-order valence-corrected chi connectivity index (χ3v) is 5.01. The fourth-order valence-corrected chi connectivity index (χ4v) is 3.63. The van der Waals surface area contributed by atoms with E-state index >= 15 is 0 Å². The van der Waals surface area contributed by atoms with Gasteiger partial charge in [0.05, 0.1) is 5.69 Å². The van der Waals surface area contributed by atoms with Crippen molar-refractivity contribution in [3.8, 4) is 0 Å². The topological polar surface area (TPSA) is 27.6 Å². The van der Waals surface area contributed by atoms with Gasteiger partial charge in [-0.3, -0.25) is 0 Å². The van der Waals surface area contributed by atoms with Crippen molar-refractivity contribution in [1.82, 2.24) is 10.2 Å². The minimum atomic E-state index is 0. The molecule has 2 aliphatic rings. The molecular weight excluding hydrogens is 365 g/mol. The number of rotatable bonds is 0. The molecule has 1 N–H and O–H groups in total. The molecule has 1 fully saturated rings. The largest absolute Gasteiger partial charge is 0.354 e. The second-order valence-corrected chi connectivity index (χ2v) is 6.73. The van der Waals surface area contributed by atoms with Crippen LogP contribution in [0.15, 0.2) is 41.4 Å². The highest BCUT2D eigenvalue weighted by molar-refractivity contribution is 6.32. The van der Waals surface area contributed by atoms with E-state index in [2.05, 4.69) is 22.3 Å². The number of benzene rings is 2. The Bertz CT molecular complexity index is 783. The summed E-state index contributed by atoms with van der Waals surface area (Å²) in [6.07, 6.45) is 0.778. The second kappa shape index (κ2) is 7.32. The van der Waals surface area contributed by atoms with Crippen molar-refractivity contribution in [2.45, 2.75) is 6.42 Å². The third kappa shape index (κ3) is 3.27. The van der Waals surface area contributed by atoms with E-state index in [1.807, 2.05) is 24.3 Å². The van der Waals surface area contributed by atoms with Crippen LogP contribution in [0.5, 0.6) is 0 Å². The SMILES string of the molecule is Cl.Clc1ccc2c(c1)N=C(N1CCNCC1)c1cccc(Cl)c1C2. The zero-order chi connectivity index (χ0) is 15.8. The van der Waals surface area contributed by atoms with Crippen LogP contribution < -0.4 is 5.32 Å². The zero-order valence-corrected chi connectivity index (χ0v) is 15.4. The number of fused-ring (bicyclic) bond motifs is 2. The number of hydrogen-bond acceptors (Lipinski definition) is 3. The minimum absolute atomic E-state index is 0. The Morgan fingerprint density at radius 3 is 2.62 bits per heavy atom. The monoisotopic (exact) mass is 381 g/mol. The molecule has 1 saturated heterocycles. The highest BCUT2D eigenvalue weighted by Gasteiger charge is 2.24. The zero-order valence-electron chi connectivity index (χ0n) is 13.1. The quantitative estimate of drug-likeness (QED) is 0.735. The summed E-state index contributed by atoms with van der Waals surface area (Å²) in [6.45, 7) is 3.83. The first-order valence-corrected chi connectivity index (χ1v) is 8.58. The van der Waals surface area contributed by atoms with Crippen LogP contribution >= 0.6 is 35.6 Å². The summed E-state index contributed by atoms with van der Waals surface area (Å²) in [5, 5.41) is 4.90. The summed E-state index contributed by atoms with van der Waals surface area (Å²) in [5.41, 5.74) is 4.38. The summed E-state index contributed by atoms with van der Waals surface area (Å²) in [6, 6.07) is 12.0. The van der Waals surface area contributed by atoms with E-state index in [1.54, 1.807) is 0 Å². The van der Waals surface area contributed by atoms with Gasteiger partial charge in [-0.2, -0.15) is 0 Å². The summed E-state index contributed by atoms with van der Waals surface area (Å²) < 4.78 is 0. The molecule has 0 saturated carbocycles. The van der Waals surface area contributed by atoms with Crippen LogP contribution in [0.4, 0.5) is 5.69 Å². The molecule has 0 atom stereocenters. The number of halogens is 3. The Kier molecular flexibility index (Phi) is 5.36. The minimum Gasteiger partial charge on any atom is -0.354 e. The molecule has 0 unspecified atom stereocenters. The lowest BCUT2D eigenvalue weighted by Gasteiger charge is -2.31. The number of hydrogen-bond donors (Lipinski definition) is 1. The summed E-state index contributed by atoms with van der Waals surface area (Å²) >= 11 is 12.7. The highest BCUT2D eigenvalue weighted by atomic mass is 35.5. The smallest absolute Gasteiger partial charge is 0.136 e. The van der Waals surface area contributed by atoms with Crippen LogP contribution in [0.1, 0.15) is 16.7 Å². The molecule has 0 bridgehead atoms. The van der Waals surface area contributed by atoms with Gasteiger partial charge in [0, 0.05) is 48.2 Å². The molecule has 4 rings (SSSR count). The van der Waals surface area contributed by atoms with Crippen molar-refractivity contribution in [1.29, 1.82) is 0 Å². The van der Waals surface area contributed by atoms with E-state index in [0.717, 1.165) is 65.8 Å². The van der Waals surface area contributed by atoms with Crippen molar-refractivity contribution in [2.24, 2.45) is 4.99 Å². The van der Waals surface area contributed by atoms with Gasteiger partial charge in [0.15, 0.2) is 0 Å². The first-order chi connectivity index (χ1) is 11.2. The second-order valence-electron chi connectivity index (χ2n) is 5.89. The van der Waals surface area contributed by atoms with Crippen molar-refractivity contribution in [3.05, 3.63) is 63.1 Å². The summed E-state index contributed by atoms with van der Waals surface area (Å²) in [5.74, 6) is 1.00. The summed E-state index contributed by atoms with van der Waals surface area (Å²) in [7, 11) is 0. The maximum Gasteiger partial charge on any atom is 0.136 e. The Balaban J connectivity index is 0.00000169. The van der Waals surface area contributed by atoms with Crippen molar-refractivity contribution in [2.75, 3.05) is 26.2 Å². The predicted octanol–water partition coefficient (Wildman–Crippen LogP) is 4.30. The van der Waals surface area contributed by atoms with Gasteiger partial charge in [0.1, 0.15) is 5.84 Å². The predicted molar refractivity (Wildman–Crippen MR) is 104 cm³/mol. The first kappa shape index (κ1) is 17.6. The molecule has 24 heavy (non-hydrogen) atoms. The van der Waals surface area contributed by atoms with E-state index in [0.29, 0.717) is 5.02 Å². The molecule has 0 spiro atoms.